The maximum Gasteiger partial charge on any atom is 0.359 e. The SMILES string of the molecule is C[C@H]1CCc2c(sc(NC(=O)COC(=O)c3n[nH]c4ccccc34)c2C(N)=O)C1. The summed E-state index contributed by atoms with van der Waals surface area (Å²) in [7, 11) is 0. The largest absolute Gasteiger partial charge is 0.451 e. The third-order valence-electron chi connectivity index (χ3n) is 5.01. The molecule has 29 heavy (non-hydrogen) atoms. The molecule has 0 saturated carbocycles. The number of esters is 1. The number of primary amides is 1. The molecule has 0 unspecified atom stereocenters. The first-order chi connectivity index (χ1) is 13.9. The van der Waals surface area contributed by atoms with Crippen LogP contribution in [0.25, 0.3) is 10.9 Å². The molecule has 0 saturated heterocycles. The first kappa shape index (κ1) is 19.1. The van der Waals surface area contributed by atoms with E-state index in [-0.39, 0.29) is 5.69 Å². The molecular formula is C20H20N4O4S. The van der Waals surface area contributed by atoms with E-state index < -0.39 is 24.4 Å². The second-order valence-electron chi connectivity index (χ2n) is 7.16. The maximum atomic E-state index is 12.3. The fraction of sp³-hybridized carbons (Fsp3) is 0.300. The van der Waals surface area contributed by atoms with Crippen molar-refractivity contribution in [2.45, 2.75) is 26.2 Å². The van der Waals surface area contributed by atoms with Crippen LogP contribution in [0.1, 0.15) is 44.6 Å². The number of anilines is 1. The third-order valence-corrected chi connectivity index (χ3v) is 6.18. The number of ether oxygens (including phenoxy) is 1. The molecular weight excluding hydrogens is 392 g/mol. The van der Waals surface area contributed by atoms with Crippen molar-refractivity contribution in [2.75, 3.05) is 11.9 Å². The van der Waals surface area contributed by atoms with E-state index in [1.807, 2.05) is 6.07 Å². The van der Waals surface area contributed by atoms with Crippen molar-refractivity contribution < 1.29 is 19.1 Å². The number of carbonyl (C=O) groups is 3. The lowest BCUT2D eigenvalue weighted by Gasteiger charge is -2.18. The van der Waals surface area contributed by atoms with Crippen molar-refractivity contribution in [1.29, 1.82) is 0 Å². The van der Waals surface area contributed by atoms with Crippen LogP contribution in [0.2, 0.25) is 0 Å². The summed E-state index contributed by atoms with van der Waals surface area (Å²) in [6, 6.07) is 7.13. The van der Waals surface area contributed by atoms with Gasteiger partial charge in [0.15, 0.2) is 12.3 Å². The molecule has 1 atom stereocenters. The van der Waals surface area contributed by atoms with Crippen LogP contribution in [0.15, 0.2) is 24.3 Å². The zero-order valence-corrected chi connectivity index (χ0v) is 16.6. The normalized spacial score (nSPS) is 15.7. The number of aromatic amines is 1. The molecule has 9 heteroatoms. The number of para-hydroxylation sites is 1. The van der Waals surface area contributed by atoms with E-state index in [2.05, 4.69) is 22.4 Å². The summed E-state index contributed by atoms with van der Waals surface area (Å²) >= 11 is 1.37. The summed E-state index contributed by atoms with van der Waals surface area (Å²) in [5, 5.41) is 10.4. The van der Waals surface area contributed by atoms with Crippen LogP contribution in [0, 0.1) is 5.92 Å². The molecule has 0 fully saturated rings. The lowest BCUT2D eigenvalue weighted by Crippen LogP contribution is -2.23. The van der Waals surface area contributed by atoms with E-state index in [0.29, 0.717) is 27.4 Å². The third kappa shape index (κ3) is 3.73. The standard InChI is InChI=1S/C20H20N4O4S/c1-10-6-7-12-14(8-10)29-19(16(12)18(21)26)22-15(25)9-28-20(27)17-11-4-2-3-5-13(11)23-24-17/h2-5,10H,6-9H2,1H3,(H2,21,26)(H,22,25)(H,23,24)/t10-/m0/s1. The van der Waals surface area contributed by atoms with Gasteiger partial charge in [-0.1, -0.05) is 25.1 Å². The predicted octanol–water partition coefficient (Wildman–Crippen LogP) is 2.64. The van der Waals surface area contributed by atoms with Crippen molar-refractivity contribution in [2.24, 2.45) is 11.7 Å². The van der Waals surface area contributed by atoms with Gasteiger partial charge in [0, 0.05) is 10.3 Å². The van der Waals surface area contributed by atoms with Crippen LogP contribution >= 0.6 is 11.3 Å². The Morgan fingerprint density at radius 1 is 1.34 bits per heavy atom. The van der Waals surface area contributed by atoms with Gasteiger partial charge in [-0.15, -0.1) is 11.3 Å². The summed E-state index contributed by atoms with van der Waals surface area (Å²) in [6.07, 6.45) is 2.60. The lowest BCUT2D eigenvalue weighted by molar-refractivity contribution is -0.119. The Balaban J connectivity index is 1.45. The minimum atomic E-state index is -0.702. The predicted molar refractivity (Wildman–Crippen MR) is 109 cm³/mol. The van der Waals surface area contributed by atoms with Crippen molar-refractivity contribution in [3.8, 4) is 0 Å². The van der Waals surface area contributed by atoms with Gasteiger partial charge in [-0.25, -0.2) is 4.79 Å². The quantitative estimate of drug-likeness (QED) is 0.555. The second-order valence-corrected chi connectivity index (χ2v) is 8.27. The van der Waals surface area contributed by atoms with Crippen LogP contribution in [0.3, 0.4) is 0 Å². The number of nitrogens with zero attached hydrogens (tertiary/aromatic N) is 1. The molecule has 4 N–H and O–H groups in total. The van der Waals surface area contributed by atoms with Gasteiger partial charge in [0.05, 0.1) is 11.1 Å². The summed E-state index contributed by atoms with van der Waals surface area (Å²) in [5.41, 5.74) is 7.67. The highest BCUT2D eigenvalue weighted by molar-refractivity contribution is 7.17. The molecule has 0 spiro atoms. The van der Waals surface area contributed by atoms with Crippen LogP contribution in [0.5, 0.6) is 0 Å². The Morgan fingerprint density at radius 3 is 2.93 bits per heavy atom. The molecule has 2 aromatic heterocycles. The summed E-state index contributed by atoms with van der Waals surface area (Å²) in [6.45, 7) is 1.67. The van der Waals surface area contributed by atoms with Crippen LogP contribution in [0.4, 0.5) is 5.00 Å². The number of nitrogens with two attached hydrogens (primary N) is 1. The minimum absolute atomic E-state index is 0.117. The number of benzene rings is 1. The van der Waals surface area contributed by atoms with Gasteiger partial charge < -0.3 is 15.8 Å². The van der Waals surface area contributed by atoms with E-state index >= 15 is 0 Å². The van der Waals surface area contributed by atoms with E-state index in [1.165, 1.54) is 11.3 Å². The van der Waals surface area contributed by atoms with Crippen LogP contribution < -0.4 is 11.1 Å². The molecule has 0 aliphatic heterocycles. The average Bonchev–Trinajstić information content (AvgIpc) is 3.26. The van der Waals surface area contributed by atoms with Crippen molar-refractivity contribution >= 4 is 45.0 Å². The van der Waals surface area contributed by atoms with Gasteiger partial charge in [-0.3, -0.25) is 14.7 Å². The highest BCUT2D eigenvalue weighted by Gasteiger charge is 2.27. The number of rotatable bonds is 5. The Bertz CT molecular complexity index is 1120. The van der Waals surface area contributed by atoms with E-state index in [9.17, 15) is 14.4 Å². The Hall–Kier alpha value is -3.20. The molecule has 0 radical (unpaired) electrons. The van der Waals surface area contributed by atoms with Gasteiger partial charge in [0.25, 0.3) is 11.8 Å². The highest BCUT2D eigenvalue weighted by atomic mass is 32.1. The maximum absolute atomic E-state index is 12.3. The first-order valence-electron chi connectivity index (χ1n) is 9.28. The Morgan fingerprint density at radius 2 is 2.14 bits per heavy atom. The number of H-pyrrole nitrogens is 1. The molecule has 8 nitrogen and oxygen atoms in total. The lowest BCUT2D eigenvalue weighted by atomic mass is 9.88. The van der Waals surface area contributed by atoms with E-state index in [1.54, 1.807) is 18.2 Å². The molecule has 0 bridgehead atoms. The van der Waals surface area contributed by atoms with E-state index in [4.69, 9.17) is 10.5 Å². The molecule has 150 valence electrons. The number of fused-ring (bicyclic) bond motifs is 2. The van der Waals surface area contributed by atoms with Gasteiger partial charge in [-0.05, 0) is 36.8 Å². The topological polar surface area (TPSA) is 127 Å². The molecule has 1 aliphatic rings. The number of aromatic nitrogens is 2. The number of thiophene rings is 1. The molecule has 2 amide bonds. The van der Waals surface area contributed by atoms with E-state index in [0.717, 1.165) is 29.7 Å². The van der Waals surface area contributed by atoms with Gasteiger partial charge in [0.2, 0.25) is 0 Å². The number of carbonyl (C=O) groups excluding carboxylic acids is 3. The summed E-state index contributed by atoms with van der Waals surface area (Å²) in [4.78, 5) is 37.7. The molecule has 2 heterocycles. The number of hydrogen-bond donors (Lipinski definition) is 3. The fourth-order valence-electron chi connectivity index (χ4n) is 3.58. The van der Waals surface area contributed by atoms with Crippen molar-refractivity contribution in [3.63, 3.8) is 0 Å². The van der Waals surface area contributed by atoms with Crippen LogP contribution in [-0.2, 0) is 22.4 Å². The van der Waals surface area contributed by atoms with Gasteiger partial charge >= 0.3 is 5.97 Å². The Labute approximate surface area is 170 Å². The van der Waals surface area contributed by atoms with Crippen molar-refractivity contribution in [1.82, 2.24) is 10.2 Å². The monoisotopic (exact) mass is 412 g/mol. The zero-order chi connectivity index (χ0) is 20.5. The second kappa shape index (κ2) is 7.67. The average molecular weight is 412 g/mol. The van der Waals surface area contributed by atoms with Crippen LogP contribution in [-0.4, -0.2) is 34.6 Å². The first-order valence-corrected chi connectivity index (χ1v) is 10.1. The number of hydrogen-bond acceptors (Lipinski definition) is 6. The molecule has 1 aromatic carbocycles. The van der Waals surface area contributed by atoms with Crippen molar-refractivity contribution in [3.05, 3.63) is 46.0 Å². The summed E-state index contributed by atoms with van der Waals surface area (Å²) < 4.78 is 5.10. The zero-order valence-electron chi connectivity index (χ0n) is 15.8. The number of amides is 2. The molecule has 3 aromatic rings. The molecule has 1 aliphatic carbocycles. The summed E-state index contributed by atoms with van der Waals surface area (Å²) in [5.74, 6) is -1.28. The van der Waals surface area contributed by atoms with Gasteiger partial charge in [-0.2, -0.15) is 5.10 Å². The fourth-order valence-corrected chi connectivity index (χ4v) is 5.01. The smallest absolute Gasteiger partial charge is 0.359 e. The van der Waals surface area contributed by atoms with Gasteiger partial charge in [0.1, 0.15) is 5.00 Å². The Kier molecular flexibility index (Phi) is 5.06. The highest BCUT2D eigenvalue weighted by Crippen LogP contribution is 2.39. The number of nitrogens with one attached hydrogen (secondary N) is 2. The molecule has 4 rings (SSSR count). The minimum Gasteiger partial charge on any atom is -0.451 e.